The predicted molar refractivity (Wildman–Crippen MR) is 60.9 cm³/mol. The third kappa shape index (κ3) is 2.40. The Hall–Kier alpha value is -2.27. The van der Waals surface area contributed by atoms with Gasteiger partial charge in [0.2, 0.25) is 0 Å². The van der Waals surface area contributed by atoms with Crippen LogP contribution in [0.25, 0.3) is 0 Å². The maximum atomic E-state index is 12.8. The van der Waals surface area contributed by atoms with E-state index in [1.54, 1.807) is 0 Å². The van der Waals surface area contributed by atoms with Crippen molar-refractivity contribution < 1.29 is 27.8 Å². The Morgan fingerprint density at radius 3 is 2.75 bits per heavy atom. The molecule has 0 radical (unpaired) electrons. The average molecular weight is 286 g/mol. The minimum atomic E-state index is -4.71. The van der Waals surface area contributed by atoms with Gasteiger partial charge in [0.15, 0.2) is 0 Å². The zero-order valence-electron chi connectivity index (χ0n) is 10.0. The molecule has 0 saturated carbocycles. The summed E-state index contributed by atoms with van der Waals surface area (Å²) in [5, 5.41) is 17.8. The van der Waals surface area contributed by atoms with Gasteiger partial charge in [-0.1, -0.05) is 0 Å². The van der Waals surface area contributed by atoms with Crippen LogP contribution in [0.15, 0.2) is 18.2 Å². The maximum Gasteiger partial charge on any atom is 0.417 e. The van der Waals surface area contributed by atoms with Crippen LogP contribution < -0.4 is 4.90 Å². The van der Waals surface area contributed by atoms with Crippen LogP contribution in [0.2, 0.25) is 0 Å². The van der Waals surface area contributed by atoms with Gasteiger partial charge in [0.25, 0.3) is 0 Å². The highest BCUT2D eigenvalue weighted by Gasteiger charge is 2.38. The van der Waals surface area contributed by atoms with Crippen molar-refractivity contribution >= 4 is 11.8 Å². The number of cyclic esters (lactones) is 1. The second-order valence-electron chi connectivity index (χ2n) is 4.12. The molecular weight excluding hydrogens is 277 g/mol. The quantitative estimate of drug-likeness (QED) is 0.901. The van der Waals surface area contributed by atoms with Crippen molar-refractivity contribution in [2.75, 3.05) is 18.1 Å². The molecule has 1 aromatic rings. The van der Waals surface area contributed by atoms with Gasteiger partial charge in [-0.15, -0.1) is 0 Å². The summed E-state index contributed by atoms with van der Waals surface area (Å²) < 4.78 is 43.2. The van der Waals surface area contributed by atoms with Crippen molar-refractivity contribution in [3.8, 4) is 6.07 Å². The first-order chi connectivity index (χ1) is 9.38. The molecule has 0 spiro atoms. The molecule has 1 fully saturated rings. The maximum absolute atomic E-state index is 12.8. The van der Waals surface area contributed by atoms with Gasteiger partial charge in [-0.2, -0.15) is 18.4 Å². The number of amides is 1. The number of benzene rings is 1. The molecule has 0 bridgehead atoms. The van der Waals surface area contributed by atoms with E-state index in [0.717, 1.165) is 11.0 Å². The van der Waals surface area contributed by atoms with Crippen LogP contribution in [0.3, 0.4) is 0 Å². The van der Waals surface area contributed by atoms with E-state index in [9.17, 15) is 18.0 Å². The fourth-order valence-electron chi connectivity index (χ4n) is 1.93. The van der Waals surface area contributed by atoms with Crippen LogP contribution in [-0.4, -0.2) is 30.5 Å². The number of alkyl halides is 3. The number of rotatable bonds is 2. The van der Waals surface area contributed by atoms with Crippen molar-refractivity contribution in [3.05, 3.63) is 29.3 Å². The number of ether oxygens (including phenoxy) is 1. The topological polar surface area (TPSA) is 73.6 Å². The Bertz CT molecular complexity index is 580. The SMILES string of the molecule is N#Cc1ccc(N2C(=O)OC[C@@H]2CO)cc1C(F)(F)F. The van der Waals surface area contributed by atoms with E-state index in [4.69, 9.17) is 10.4 Å². The van der Waals surface area contributed by atoms with Gasteiger partial charge in [0.05, 0.1) is 29.8 Å². The van der Waals surface area contributed by atoms with Crippen molar-refractivity contribution in [2.24, 2.45) is 0 Å². The van der Waals surface area contributed by atoms with Crippen LogP contribution >= 0.6 is 0 Å². The Kier molecular flexibility index (Phi) is 3.55. The summed E-state index contributed by atoms with van der Waals surface area (Å²) in [6.07, 6.45) is -5.54. The number of nitrogens with zero attached hydrogens (tertiary/aromatic N) is 2. The van der Waals surface area contributed by atoms with E-state index in [0.29, 0.717) is 6.07 Å². The Balaban J connectivity index is 2.49. The smallest absolute Gasteiger partial charge is 0.417 e. The van der Waals surface area contributed by atoms with Crippen molar-refractivity contribution in [2.45, 2.75) is 12.2 Å². The Morgan fingerprint density at radius 1 is 1.50 bits per heavy atom. The van der Waals surface area contributed by atoms with Gasteiger partial charge in [0, 0.05) is 5.69 Å². The number of aliphatic hydroxyl groups is 1. The highest BCUT2D eigenvalue weighted by molar-refractivity contribution is 5.90. The number of aliphatic hydroxyl groups excluding tert-OH is 1. The number of hydrogen-bond acceptors (Lipinski definition) is 4. The van der Waals surface area contributed by atoms with Crippen LogP contribution in [-0.2, 0) is 10.9 Å². The summed E-state index contributed by atoms with van der Waals surface area (Å²) >= 11 is 0. The molecule has 1 N–H and O–H groups in total. The molecule has 20 heavy (non-hydrogen) atoms. The standard InChI is InChI=1S/C12H9F3N2O3/c13-12(14,15)10-3-8(2-1-7(10)4-16)17-9(5-18)6-20-11(17)19/h1-3,9,18H,5-6H2/t9-/m0/s1. The number of hydrogen-bond donors (Lipinski definition) is 1. The largest absolute Gasteiger partial charge is 0.447 e. The van der Waals surface area contributed by atoms with E-state index in [2.05, 4.69) is 4.74 Å². The van der Waals surface area contributed by atoms with Gasteiger partial charge < -0.3 is 9.84 Å². The molecule has 1 aliphatic heterocycles. The van der Waals surface area contributed by atoms with E-state index in [-0.39, 0.29) is 12.3 Å². The molecule has 1 aromatic carbocycles. The number of carbonyl (C=O) groups excluding carboxylic acids is 1. The number of carbonyl (C=O) groups is 1. The van der Waals surface area contributed by atoms with E-state index >= 15 is 0 Å². The predicted octanol–water partition coefficient (Wildman–Crippen LogP) is 1.89. The van der Waals surface area contributed by atoms with E-state index in [1.807, 2.05) is 0 Å². The first kappa shape index (κ1) is 14.1. The molecule has 106 valence electrons. The molecule has 0 aliphatic carbocycles. The molecule has 0 aromatic heterocycles. The lowest BCUT2D eigenvalue weighted by Gasteiger charge is -2.21. The lowest BCUT2D eigenvalue weighted by atomic mass is 10.1. The van der Waals surface area contributed by atoms with Crippen LogP contribution in [0.4, 0.5) is 23.7 Å². The van der Waals surface area contributed by atoms with Gasteiger partial charge >= 0.3 is 12.3 Å². The van der Waals surface area contributed by atoms with Crippen LogP contribution in [0.5, 0.6) is 0 Å². The van der Waals surface area contributed by atoms with Gasteiger partial charge in [-0.3, -0.25) is 4.90 Å². The molecule has 1 saturated heterocycles. The molecule has 1 atom stereocenters. The third-order valence-electron chi connectivity index (χ3n) is 2.88. The monoisotopic (exact) mass is 286 g/mol. The number of nitriles is 1. The Labute approximate surface area is 111 Å². The van der Waals surface area contributed by atoms with Crippen LogP contribution in [0.1, 0.15) is 11.1 Å². The summed E-state index contributed by atoms with van der Waals surface area (Å²) in [5.74, 6) is 0. The lowest BCUT2D eigenvalue weighted by Crippen LogP contribution is -2.36. The second kappa shape index (κ2) is 5.02. The minimum Gasteiger partial charge on any atom is -0.447 e. The molecule has 0 unspecified atom stereocenters. The zero-order chi connectivity index (χ0) is 14.9. The normalized spacial score (nSPS) is 18.9. The third-order valence-corrected chi connectivity index (χ3v) is 2.88. The van der Waals surface area contributed by atoms with Crippen LogP contribution in [0, 0.1) is 11.3 Å². The fourth-order valence-corrected chi connectivity index (χ4v) is 1.93. The van der Waals surface area contributed by atoms with Gasteiger partial charge in [0.1, 0.15) is 6.61 Å². The minimum absolute atomic E-state index is 0.0714. The highest BCUT2D eigenvalue weighted by Crippen LogP contribution is 2.35. The zero-order valence-corrected chi connectivity index (χ0v) is 10.0. The molecule has 5 nitrogen and oxygen atoms in total. The first-order valence-corrected chi connectivity index (χ1v) is 5.56. The second-order valence-corrected chi connectivity index (χ2v) is 4.12. The molecule has 1 amide bonds. The number of anilines is 1. The summed E-state index contributed by atoms with van der Waals surface area (Å²) in [4.78, 5) is 12.4. The molecule has 1 aliphatic rings. The molecule has 8 heteroatoms. The Morgan fingerprint density at radius 2 is 2.20 bits per heavy atom. The van der Waals surface area contributed by atoms with Gasteiger partial charge in [-0.25, -0.2) is 4.79 Å². The molecular formula is C12H9F3N2O3. The summed E-state index contributed by atoms with van der Waals surface area (Å²) in [6.45, 7) is -0.538. The molecule has 1 heterocycles. The van der Waals surface area contributed by atoms with Gasteiger partial charge in [-0.05, 0) is 18.2 Å². The van der Waals surface area contributed by atoms with E-state index in [1.165, 1.54) is 12.1 Å². The van der Waals surface area contributed by atoms with Crippen molar-refractivity contribution in [1.29, 1.82) is 5.26 Å². The first-order valence-electron chi connectivity index (χ1n) is 5.56. The van der Waals surface area contributed by atoms with E-state index < -0.39 is 36.0 Å². The fraction of sp³-hybridized carbons (Fsp3) is 0.333. The van der Waals surface area contributed by atoms with Crippen molar-refractivity contribution in [1.82, 2.24) is 0 Å². The lowest BCUT2D eigenvalue weighted by molar-refractivity contribution is -0.137. The summed E-state index contributed by atoms with van der Waals surface area (Å²) in [5.41, 5.74) is -1.74. The van der Waals surface area contributed by atoms with Crippen molar-refractivity contribution in [3.63, 3.8) is 0 Å². The highest BCUT2D eigenvalue weighted by atomic mass is 19.4. The number of halogens is 3. The molecule has 2 rings (SSSR count). The summed E-state index contributed by atoms with van der Waals surface area (Å²) in [7, 11) is 0. The summed E-state index contributed by atoms with van der Waals surface area (Å²) in [6, 6.07) is 3.61. The average Bonchev–Trinajstić information content (AvgIpc) is 2.78.